The quantitative estimate of drug-likeness (QED) is 0.901. The minimum Gasteiger partial charge on any atom is -0.318 e. The minimum atomic E-state index is -0.0976. The maximum Gasteiger partial charge on any atom is 0.114 e. The molecule has 0 radical (unpaired) electrons. The molecule has 0 aliphatic rings. The highest BCUT2D eigenvalue weighted by Crippen LogP contribution is 2.26. The molecule has 1 aromatic heterocycles. The molecule has 2 aromatic rings. The monoisotopic (exact) mass is 246 g/mol. The van der Waals surface area contributed by atoms with E-state index in [0.717, 1.165) is 17.0 Å². The summed E-state index contributed by atoms with van der Waals surface area (Å²) in [7, 11) is 0. The summed E-state index contributed by atoms with van der Waals surface area (Å²) in [5, 5.41) is 1.02. The van der Waals surface area contributed by atoms with E-state index in [9.17, 15) is 0 Å². The molecule has 0 aliphatic heterocycles. The van der Waals surface area contributed by atoms with Crippen molar-refractivity contribution >= 4 is 11.3 Å². The lowest BCUT2D eigenvalue weighted by atomic mass is 10.1. The Morgan fingerprint density at radius 2 is 1.88 bits per heavy atom. The summed E-state index contributed by atoms with van der Waals surface area (Å²) in [4.78, 5) is 5.90. The Hall–Kier alpha value is -1.19. The zero-order valence-electron chi connectivity index (χ0n) is 10.5. The Labute approximate surface area is 107 Å². The normalized spacial score (nSPS) is 12.7. The van der Waals surface area contributed by atoms with E-state index in [-0.39, 0.29) is 6.04 Å². The number of thiazole rings is 1. The zero-order valence-corrected chi connectivity index (χ0v) is 11.3. The van der Waals surface area contributed by atoms with E-state index in [0.29, 0.717) is 0 Å². The van der Waals surface area contributed by atoms with Gasteiger partial charge in [0.05, 0.1) is 11.7 Å². The molecule has 2 nitrogen and oxygen atoms in total. The summed E-state index contributed by atoms with van der Waals surface area (Å²) < 4.78 is 0. The molecule has 1 atom stereocenters. The van der Waals surface area contributed by atoms with Crippen LogP contribution in [0.15, 0.2) is 24.3 Å². The van der Waals surface area contributed by atoms with Crippen LogP contribution < -0.4 is 5.73 Å². The smallest absolute Gasteiger partial charge is 0.114 e. The van der Waals surface area contributed by atoms with Crippen molar-refractivity contribution in [3.8, 4) is 0 Å². The fourth-order valence-electron chi connectivity index (χ4n) is 1.83. The van der Waals surface area contributed by atoms with Crippen molar-refractivity contribution in [1.29, 1.82) is 0 Å². The molecule has 0 spiro atoms. The third kappa shape index (κ3) is 2.56. The lowest BCUT2D eigenvalue weighted by molar-refractivity contribution is 0.844. The van der Waals surface area contributed by atoms with Gasteiger partial charge in [-0.1, -0.05) is 36.8 Å². The van der Waals surface area contributed by atoms with Crippen LogP contribution in [0.1, 0.15) is 39.7 Å². The zero-order chi connectivity index (χ0) is 12.4. The van der Waals surface area contributed by atoms with Crippen molar-refractivity contribution < 1.29 is 0 Å². The molecule has 2 rings (SSSR count). The predicted molar refractivity (Wildman–Crippen MR) is 73.4 cm³/mol. The highest BCUT2D eigenvalue weighted by molar-refractivity contribution is 7.11. The number of nitrogens with zero attached hydrogens (tertiary/aromatic N) is 1. The summed E-state index contributed by atoms with van der Waals surface area (Å²) in [6.07, 6.45) is 0.975. The van der Waals surface area contributed by atoms with E-state index in [1.54, 1.807) is 11.3 Å². The maximum atomic E-state index is 6.25. The van der Waals surface area contributed by atoms with Gasteiger partial charge in [-0.25, -0.2) is 4.98 Å². The van der Waals surface area contributed by atoms with Crippen molar-refractivity contribution in [2.24, 2.45) is 5.73 Å². The highest BCUT2D eigenvalue weighted by Gasteiger charge is 2.14. The molecular formula is C14H18N2S. The first-order valence-electron chi connectivity index (χ1n) is 5.90. The molecule has 2 N–H and O–H groups in total. The van der Waals surface area contributed by atoms with Gasteiger partial charge in [0.15, 0.2) is 0 Å². The predicted octanol–water partition coefficient (Wildman–Crippen LogP) is 3.37. The number of hydrogen-bond acceptors (Lipinski definition) is 3. The Bertz CT molecular complexity index is 499. The molecule has 1 heterocycles. The van der Waals surface area contributed by atoms with Crippen LogP contribution in [-0.2, 0) is 6.42 Å². The van der Waals surface area contributed by atoms with Gasteiger partial charge in [0.1, 0.15) is 5.01 Å². The molecule has 0 saturated carbocycles. The number of aryl methyl sites for hydroxylation is 3. The summed E-state index contributed by atoms with van der Waals surface area (Å²) in [6.45, 7) is 6.32. The summed E-state index contributed by atoms with van der Waals surface area (Å²) >= 11 is 1.71. The van der Waals surface area contributed by atoms with Crippen LogP contribution in [0.5, 0.6) is 0 Å². The third-order valence-electron chi connectivity index (χ3n) is 2.95. The van der Waals surface area contributed by atoms with Crippen LogP contribution in [0.2, 0.25) is 0 Å². The average Bonchev–Trinajstić information content (AvgIpc) is 2.70. The lowest BCUT2D eigenvalue weighted by Gasteiger charge is -2.08. The van der Waals surface area contributed by atoms with Crippen molar-refractivity contribution in [3.05, 3.63) is 51.0 Å². The van der Waals surface area contributed by atoms with Gasteiger partial charge < -0.3 is 5.73 Å². The largest absolute Gasteiger partial charge is 0.318 e. The van der Waals surface area contributed by atoms with Gasteiger partial charge in [-0.2, -0.15) is 0 Å². The van der Waals surface area contributed by atoms with E-state index in [4.69, 9.17) is 5.73 Å². The van der Waals surface area contributed by atoms with Crippen LogP contribution >= 0.6 is 11.3 Å². The van der Waals surface area contributed by atoms with Gasteiger partial charge in [-0.15, -0.1) is 11.3 Å². The first-order chi connectivity index (χ1) is 8.11. The molecule has 0 amide bonds. The topological polar surface area (TPSA) is 38.9 Å². The minimum absolute atomic E-state index is 0.0976. The van der Waals surface area contributed by atoms with Gasteiger partial charge in [0, 0.05) is 4.88 Å². The lowest BCUT2D eigenvalue weighted by Crippen LogP contribution is -2.11. The van der Waals surface area contributed by atoms with E-state index < -0.39 is 0 Å². The van der Waals surface area contributed by atoms with Crippen molar-refractivity contribution in [3.63, 3.8) is 0 Å². The highest BCUT2D eigenvalue weighted by atomic mass is 32.1. The molecule has 0 fully saturated rings. The van der Waals surface area contributed by atoms with E-state index in [1.165, 1.54) is 16.1 Å². The Kier molecular flexibility index (Phi) is 3.60. The molecular weight excluding hydrogens is 228 g/mol. The molecule has 90 valence electrons. The fourth-order valence-corrected chi connectivity index (χ4v) is 2.87. The number of nitrogens with two attached hydrogens (primary N) is 1. The van der Waals surface area contributed by atoms with Crippen molar-refractivity contribution in [1.82, 2.24) is 4.98 Å². The molecule has 0 aliphatic carbocycles. The van der Waals surface area contributed by atoms with Gasteiger partial charge >= 0.3 is 0 Å². The molecule has 1 aromatic carbocycles. The van der Waals surface area contributed by atoms with E-state index in [1.807, 2.05) is 0 Å². The van der Waals surface area contributed by atoms with Crippen LogP contribution in [0, 0.1) is 13.8 Å². The summed E-state index contributed by atoms with van der Waals surface area (Å²) in [6, 6.07) is 8.26. The van der Waals surface area contributed by atoms with Gasteiger partial charge in [0.2, 0.25) is 0 Å². The molecule has 3 heteroatoms. The number of rotatable bonds is 3. The Morgan fingerprint density at radius 3 is 2.41 bits per heavy atom. The standard InChI is InChI=1S/C14H18N2S/c1-4-12-10(3)17-14(16-12)13(15)11-7-5-9(2)6-8-11/h5-8,13H,4,15H2,1-3H3. The maximum absolute atomic E-state index is 6.25. The van der Waals surface area contributed by atoms with Crippen LogP contribution in [0.4, 0.5) is 0 Å². The summed E-state index contributed by atoms with van der Waals surface area (Å²) in [5.41, 5.74) is 9.81. The number of benzene rings is 1. The number of hydrogen-bond donors (Lipinski definition) is 1. The second-order valence-electron chi connectivity index (χ2n) is 4.30. The van der Waals surface area contributed by atoms with Gasteiger partial charge in [0.25, 0.3) is 0 Å². The SMILES string of the molecule is CCc1nc(C(N)c2ccc(C)cc2)sc1C. The fraction of sp³-hybridized carbons (Fsp3) is 0.357. The van der Waals surface area contributed by atoms with Crippen LogP contribution in [0.25, 0.3) is 0 Å². The molecule has 0 bridgehead atoms. The van der Waals surface area contributed by atoms with E-state index in [2.05, 4.69) is 50.0 Å². The third-order valence-corrected chi connectivity index (χ3v) is 4.04. The average molecular weight is 246 g/mol. The Morgan fingerprint density at radius 1 is 1.24 bits per heavy atom. The number of aromatic nitrogens is 1. The van der Waals surface area contributed by atoms with Crippen molar-refractivity contribution in [2.75, 3.05) is 0 Å². The van der Waals surface area contributed by atoms with Gasteiger partial charge in [-0.3, -0.25) is 0 Å². The summed E-state index contributed by atoms with van der Waals surface area (Å²) in [5.74, 6) is 0. The van der Waals surface area contributed by atoms with E-state index >= 15 is 0 Å². The first kappa shape index (κ1) is 12.3. The van der Waals surface area contributed by atoms with Crippen molar-refractivity contribution in [2.45, 2.75) is 33.2 Å². The van der Waals surface area contributed by atoms with Crippen LogP contribution in [-0.4, -0.2) is 4.98 Å². The Balaban J connectivity index is 2.29. The van der Waals surface area contributed by atoms with Gasteiger partial charge in [-0.05, 0) is 25.8 Å². The molecule has 1 unspecified atom stereocenters. The molecule has 0 saturated heterocycles. The molecule has 17 heavy (non-hydrogen) atoms. The van der Waals surface area contributed by atoms with Crippen LogP contribution in [0.3, 0.4) is 0 Å². The second kappa shape index (κ2) is 4.98. The second-order valence-corrected chi connectivity index (χ2v) is 5.53. The first-order valence-corrected chi connectivity index (χ1v) is 6.71.